The van der Waals surface area contributed by atoms with E-state index in [0.717, 1.165) is 5.56 Å². The summed E-state index contributed by atoms with van der Waals surface area (Å²) in [5, 5.41) is 18.5. The van der Waals surface area contributed by atoms with Crippen molar-refractivity contribution in [3.63, 3.8) is 0 Å². The van der Waals surface area contributed by atoms with E-state index in [1.54, 1.807) is 0 Å². The molecule has 3 aromatic rings. The van der Waals surface area contributed by atoms with Crippen molar-refractivity contribution in [1.29, 1.82) is 0 Å². The molecule has 0 fully saturated rings. The third kappa shape index (κ3) is 4.20. The molecule has 0 spiro atoms. The van der Waals surface area contributed by atoms with E-state index in [2.05, 4.69) is 36.0 Å². The van der Waals surface area contributed by atoms with Gasteiger partial charge in [-0.3, -0.25) is 9.89 Å². The number of halogens is 3. The van der Waals surface area contributed by atoms with E-state index in [1.165, 1.54) is 11.0 Å². The van der Waals surface area contributed by atoms with Crippen molar-refractivity contribution in [2.45, 2.75) is 25.2 Å². The normalized spacial score (nSPS) is 12.7. The first kappa shape index (κ1) is 17.5. The zero-order valence-corrected chi connectivity index (χ0v) is 13.2. The van der Waals surface area contributed by atoms with Gasteiger partial charge in [0, 0.05) is 6.42 Å². The van der Waals surface area contributed by atoms with Gasteiger partial charge in [-0.1, -0.05) is 30.3 Å². The van der Waals surface area contributed by atoms with Gasteiger partial charge in [0.15, 0.2) is 0 Å². The van der Waals surface area contributed by atoms with Crippen LogP contribution in [0.25, 0.3) is 0 Å². The van der Waals surface area contributed by atoms with Crippen LogP contribution >= 0.6 is 0 Å². The van der Waals surface area contributed by atoms with Crippen molar-refractivity contribution >= 4 is 5.91 Å². The Morgan fingerprint density at radius 3 is 2.65 bits per heavy atom. The van der Waals surface area contributed by atoms with Crippen LogP contribution < -0.4 is 5.32 Å². The van der Waals surface area contributed by atoms with Crippen LogP contribution in [0.3, 0.4) is 0 Å². The predicted molar refractivity (Wildman–Crippen MR) is 80.2 cm³/mol. The number of hydrogen-bond donors (Lipinski definition) is 2. The minimum atomic E-state index is -4.65. The van der Waals surface area contributed by atoms with Gasteiger partial charge in [0.25, 0.3) is 5.82 Å². The number of aromatic amines is 1. The molecule has 0 saturated heterocycles. The van der Waals surface area contributed by atoms with Crippen LogP contribution in [-0.4, -0.2) is 41.3 Å². The quantitative estimate of drug-likeness (QED) is 0.670. The summed E-state index contributed by atoms with van der Waals surface area (Å²) in [5.74, 6) is -1.87. The molecule has 0 unspecified atom stereocenters. The number of carbonyl (C=O) groups excluding carboxylic acids is 1. The highest BCUT2D eigenvalue weighted by atomic mass is 19.4. The van der Waals surface area contributed by atoms with Crippen LogP contribution in [0.2, 0.25) is 0 Å². The first-order chi connectivity index (χ1) is 12.4. The predicted octanol–water partition coefficient (Wildman–Crippen LogP) is 0.910. The molecule has 12 heteroatoms. The van der Waals surface area contributed by atoms with Crippen molar-refractivity contribution < 1.29 is 18.0 Å². The van der Waals surface area contributed by atoms with Gasteiger partial charge < -0.3 is 5.32 Å². The highest BCUT2D eigenvalue weighted by Crippen LogP contribution is 2.25. The topological polar surface area (TPSA) is 114 Å². The molecule has 9 nitrogen and oxygen atoms in total. The maximum Gasteiger partial charge on any atom is 0.453 e. The highest BCUT2D eigenvalue weighted by molar-refractivity contribution is 5.80. The lowest BCUT2D eigenvalue weighted by Gasteiger charge is -2.15. The van der Waals surface area contributed by atoms with Gasteiger partial charge in [-0.15, -0.1) is 10.2 Å². The highest BCUT2D eigenvalue weighted by Gasteiger charge is 2.36. The molecule has 1 atom stereocenters. The van der Waals surface area contributed by atoms with Crippen LogP contribution in [0.15, 0.2) is 36.7 Å². The number of benzene rings is 1. The largest absolute Gasteiger partial charge is 0.453 e. The molecule has 1 amide bonds. The molecule has 0 radical (unpaired) electrons. The molecule has 2 aromatic heterocycles. The summed E-state index contributed by atoms with van der Waals surface area (Å²) in [6.07, 6.45) is -3.05. The van der Waals surface area contributed by atoms with Gasteiger partial charge in [-0.2, -0.15) is 13.2 Å². The lowest BCUT2D eigenvalue weighted by Crippen LogP contribution is -2.34. The molecule has 1 aromatic carbocycles. The van der Waals surface area contributed by atoms with Crippen LogP contribution in [-0.2, 0) is 23.9 Å². The number of alkyl halides is 3. The van der Waals surface area contributed by atoms with E-state index in [9.17, 15) is 18.0 Å². The SMILES string of the molecule is O=C(NCc1nc(C(F)(F)F)n[nH]1)[C@@H](Cc1ccccc1)n1cnnn1. The lowest BCUT2D eigenvalue weighted by molar-refractivity contribution is -0.144. The summed E-state index contributed by atoms with van der Waals surface area (Å²) in [6, 6.07) is 8.43. The fourth-order valence-electron chi connectivity index (χ4n) is 2.24. The Kier molecular flexibility index (Phi) is 4.91. The Labute approximate surface area is 144 Å². The Bertz CT molecular complexity index is 847. The summed E-state index contributed by atoms with van der Waals surface area (Å²) in [4.78, 5) is 15.8. The molecule has 136 valence electrons. The van der Waals surface area contributed by atoms with Crippen LogP contribution in [0.5, 0.6) is 0 Å². The molecule has 2 heterocycles. The van der Waals surface area contributed by atoms with Gasteiger partial charge in [0.05, 0.1) is 6.54 Å². The fourth-order valence-corrected chi connectivity index (χ4v) is 2.24. The molecule has 0 saturated carbocycles. The van der Waals surface area contributed by atoms with E-state index in [-0.39, 0.29) is 12.4 Å². The maximum atomic E-state index is 12.5. The molecule has 3 rings (SSSR count). The number of nitrogens with zero attached hydrogens (tertiary/aromatic N) is 6. The van der Waals surface area contributed by atoms with Crippen molar-refractivity contribution in [3.05, 3.63) is 53.9 Å². The number of rotatable bonds is 6. The monoisotopic (exact) mass is 366 g/mol. The second kappa shape index (κ2) is 7.29. The Balaban J connectivity index is 1.69. The van der Waals surface area contributed by atoms with E-state index in [4.69, 9.17) is 0 Å². The Hall–Kier alpha value is -3.31. The second-order valence-corrected chi connectivity index (χ2v) is 5.32. The summed E-state index contributed by atoms with van der Waals surface area (Å²) in [5.41, 5.74) is 0.877. The van der Waals surface area contributed by atoms with Gasteiger partial charge >= 0.3 is 6.18 Å². The van der Waals surface area contributed by atoms with Crippen molar-refractivity contribution in [2.75, 3.05) is 0 Å². The molecule has 0 bridgehead atoms. The number of amides is 1. The van der Waals surface area contributed by atoms with Gasteiger partial charge in [-0.05, 0) is 16.0 Å². The third-order valence-corrected chi connectivity index (χ3v) is 3.47. The molecule has 0 aliphatic carbocycles. The molecule has 26 heavy (non-hydrogen) atoms. The zero-order chi connectivity index (χ0) is 18.6. The summed E-state index contributed by atoms with van der Waals surface area (Å²) >= 11 is 0. The number of carbonyl (C=O) groups is 1. The Morgan fingerprint density at radius 1 is 1.27 bits per heavy atom. The second-order valence-electron chi connectivity index (χ2n) is 5.32. The van der Waals surface area contributed by atoms with E-state index < -0.39 is 23.9 Å². The standard InChI is InChI=1S/C14H13F3N8O/c15-14(16,17)13-20-11(21-22-13)7-18-12(26)10(25-8-19-23-24-25)6-9-4-2-1-3-5-9/h1-5,8,10H,6-7H2,(H,18,26)(H,20,21,22)/t10-/m1/s1. The van der Waals surface area contributed by atoms with Crippen molar-refractivity contribution in [1.82, 2.24) is 40.7 Å². The number of hydrogen-bond acceptors (Lipinski definition) is 6. The average molecular weight is 366 g/mol. The number of aromatic nitrogens is 7. The number of H-pyrrole nitrogens is 1. The molecular formula is C14H13F3N8O. The summed E-state index contributed by atoms with van der Waals surface area (Å²) < 4.78 is 38.8. The molecular weight excluding hydrogens is 353 g/mol. The smallest absolute Gasteiger partial charge is 0.347 e. The first-order valence-electron chi connectivity index (χ1n) is 7.46. The van der Waals surface area contributed by atoms with E-state index >= 15 is 0 Å². The number of nitrogens with one attached hydrogen (secondary N) is 2. The van der Waals surface area contributed by atoms with Gasteiger partial charge in [-0.25, -0.2) is 9.67 Å². The lowest BCUT2D eigenvalue weighted by atomic mass is 10.1. The average Bonchev–Trinajstić information content (AvgIpc) is 3.29. The minimum Gasteiger partial charge on any atom is -0.347 e. The molecule has 2 N–H and O–H groups in total. The van der Waals surface area contributed by atoms with E-state index in [1.807, 2.05) is 30.3 Å². The zero-order valence-electron chi connectivity index (χ0n) is 13.2. The molecule has 0 aliphatic heterocycles. The Morgan fingerprint density at radius 2 is 2.04 bits per heavy atom. The summed E-state index contributed by atoms with van der Waals surface area (Å²) in [7, 11) is 0. The van der Waals surface area contributed by atoms with Gasteiger partial charge in [0.2, 0.25) is 5.91 Å². The molecule has 0 aliphatic rings. The minimum absolute atomic E-state index is 0.110. The maximum absolute atomic E-state index is 12.5. The van der Waals surface area contributed by atoms with Crippen LogP contribution in [0.4, 0.5) is 13.2 Å². The third-order valence-electron chi connectivity index (χ3n) is 3.47. The van der Waals surface area contributed by atoms with Crippen molar-refractivity contribution in [3.8, 4) is 0 Å². The van der Waals surface area contributed by atoms with Crippen LogP contribution in [0, 0.1) is 0 Å². The first-order valence-corrected chi connectivity index (χ1v) is 7.46. The van der Waals surface area contributed by atoms with E-state index in [0.29, 0.717) is 6.42 Å². The fraction of sp³-hybridized carbons (Fsp3) is 0.286. The summed E-state index contributed by atoms with van der Waals surface area (Å²) in [6.45, 7) is -0.241. The van der Waals surface area contributed by atoms with Crippen LogP contribution in [0.1, 0.15) is 23.3 Å². The van der Waals surface area contributed by atoms with Gasteiger partial charge in [0.1, 0.15) is 18.2 Å². The number of tetrazole rings is 1. The van der Waals surface area contributed by atoms with Crippen molar-refractivity contribution in [2.24, 2.45) is 0 Å².